The Balaban J connectivity index is 2.43. The molecule has 2 aromatic carbocycles. The summed E-state index contributed by atoms with van der Waals surface area (Å²) in [4.78, 5) is -0.0753. The Morgan fingerprint density at radius 3 is 2.40 bits per heavy atom. The third kappa shape index (κ3) is 2.91. The van der Waals surface area contributed by atoms with E-state index in [1.807, 2.05) is 0 Å². The van der Waals surface area contributed by atoms with Gasteiger partial charge in [0, 0.05) is 5.69 Å². The SMILES string of the molecule is Cc1cc(N)ccc1NS(=O)(=O)c1cc(F)ccc1C. The van der Waals surface area contributed by atoms with E-state index < -0.39 is 15.8 Å². The van der Waals surface area contributed by atoms with E-state index in [0.717, 1.165) is 6.07 Å². The van der Waals surface area contributed by atoms with Crippen molar-refractivity contribution in [1.29, 1.82) is 0 Å². The minimum Gasteiger partial charge on any atom is -0.399 e. The van der Waals surface area contributed by atoms with Crippen molar-refractivity contribution in [3.05, 3.63) is 53.3 Å². The van der Waals surface area contributed by atoms with Crippen LogP contribution in [0.1, 0.15) is 11.1 Å². The zero-order valence-corrected chi connectivity index (χ0v) is 12.0. The van der Waals surface area contributed by atoms with Gasteiger partial charge in [0.2, 0.25) is 0 Å². The molecule has 0 heterocycles. The van der Waals surface area contributed by atoms with Crippen LogP contribution in [0, 0.1) is 19.7 Å². The Morgan fingerprint density at radius 2 is 1.75 bits per heavy atom. The third-order valence-electron chi connectivity index (χ3n) is 2.93. The summed E-state index contributed by atoms with van der Waals surface area (Å²) >= 11 is 0. The Morgan fingerprint density at radius 1 is 1.05 bits per heavy atom. The topological polar surface area (TPSA) is 72.2 Å². The van der Waals surface area contributed by atoms with E-state index in [1.54, 1.807) is 32.0 Å². The number of sulfonamides is 1. The minimum atomic E-state index is -3.83. The van der Waals surface area contributed by atoms with Crippen molar-refractivity contribution in [2.75, 3.05) is 10.5 Å². The molecule has 6 heteroatoms. The van der Waals surface area contributed by atoms with Gasteiger partial charge in [-0.25, -0.2) is 12.8 Å². The molecule has 0 fully saturated rings. The number of hydrogen-bond donors (Lipinski definition) is 2. The summed E-state index contributed by atoms with van der Waals surface area (Å²) in [6, 6.07) is 8.50. The highest BCUT2D eigenvalue weighted by Crippen LogP contribution is 2.23. The van der Waals surface area contributed by atoms with Gasteiger partial charge >= 0.3 is 0 Å². The van der Waals surface area contributed by atoms with Gasteiger partial charge in [0.25, 0.3) is 10.0 Å². The van der Waals surface area contributed by atoms with Crippen molar-refractivity contribution in [3.63, 3.8) is 0 Å². The summed E-state index contributed by atoms with van der Waals surface area (Å²) in [6.07, 6.45) is 0. The normalized spacial score (nSPS) is 11.3. The highest BCUT2D eigenvalue weighted by Gasteiger charge is 2.18. The van der Waals surface area contributed by atoms with Gasteiger partial charge in [-0.1, -0.05) is 6.07 Å². The molecule has 0 saturated heterocycles. The van der Waals surface area contributed by atoms with Crippen molar-refractivity contribution in [2.24, 2.45) is 0 Å². The predicted molar refractivity (Wildman–Crippen MR) is 77.5 cm³/mol. The lowest BCUT2D eigenvalue weighted by Gasteiger charge is -2.12. The molecule has 0 amide bonds. The number of rotatable bonds is 3. The largest absolute Gasteiger partial charge is 0.399 e. The zero-order chi connectivity index (χ0) is 14.9. The third-order valence-corrected chi connectivity index (χ3v) is 4.44. The maximum absolute atomic E-state index is 13.2. The number of halogens is 1. The standard InChI is InChI=1S/C14H15FN2O2S/c1-9-3-4-11(15)8-14(9)20(18,19)17-13-6-5-12(16)7-10(13)2/h3-8,17H,16H2,1-2H3. The quantitative estimate of drug-likeness (QED) is 0.855. The second-order valence-corrected chi connectivity index (χ2v) is 6.24. The summed E-state index contributed by atoms with van der Waals surface area (Å²) in [6.45, 7) is 3.36. The molecule has 106 valence electrons. The predicted octanol–water partition coefficient (Wildman–Crippen LogP) is 2.83. The molecule has 0 unspecified atom stereocenters. The summed E-state index contributed by atoms with van der Waals surface area (Å²) in [5.41, 5.74) is 7.76. The number of aryl methyl sites for hydroxylation is 2. The summed E-state index contributed by atoms with van der Waals surface area (Å²) < 4.78 is 40.3. The first-order valence-electron chi connectivity index (χ1n) is 5.95. The van der Waals surface area contributed by atoms with Crippen LogP contribution in [-0.4, -0.2) is 8.42 Å². The number of benzene rings is 2. The second-order valence-electron chi connectivity index (χ2n) is 4.59. The lowest BCUT2D eigenvalue weighted by Crippen LogP contribution is -2.15. The van der Waals surface area contributed by atoms with E-state index in [1.165, 1.54) is 12.1 Å². The summed E-state index contributed by atoms with van der Waals surface area (Å²) in [5, 5.41) is 0. The monoisotopic (exact) mass is 294 g/mol. The van der Waals surface area contributed by atoms with Crippen LogP contribution in [0.25, 0.3) is 0 Å². The molecule has 4 nitrogen and oxygen atoms in total. The molecule has 0 aromatic heterocycles. The average molecular weight is 294 g/mol. The van der Waals surface area contributed by atoms with Gasteiger partial charge in [-0.3, -0.25) is 4.72 Å². The molecule has 0 spiro atoms. The lowest BCUT2D eigenvalue weighted by molar-refractivity contribution is 0.594. The number of hydrogen-bond acceptors (Lipinski definition) is 3. The molecule has 0 saturated carbocycles. The molecular formula is C14H15FN2O2S. The van der Waals surface area contributed by atoms with E-state index in [4.69, 9.17) is 5.73 Å². The highest BCUT2D eigenvalue weighted by atomic mass is 32.2. The van der Waals surface area contributed by atoms with Crippen LogP contribution < -0.4 is 10.5 Å². The first-order chi connectivity index (χ1) is 9.29. The highest BCUT2D eigenvalue weighted by molar-refractivity contribution is 7.92. The van der Waals surface area contributed by atoms with Crippen LogP contribution >= 0.6 is 0 Å². The summed E-state index contributed by atoms with van der Waals surface area (Å²) in [7, 11) is -3.83. The van der Waals surface area contributed by atoms with Gasteiger partial charge < -0.3 is 5.73 Å². The van der Waals surface area contributed by atoms with E-state index >= 15 is 0 Å². The molecule has 0 radical (unpaired) electrons. The first kappa shape index (κ1) is 14.3. The molecule has 20 heavy (non-hydrogen) atoms. The fourth-order valence-corrected chi connectivity index (χ4v) is 3.25. The molecule has 0 aliphatic heterocycles. The van der Waals surface area contributed by atoms with E-state index in [-0.39, 0.29) is 4.90 Å². The van der Waals surface area contributed by atoms with E-state index in [9.17, 15) is 12.8 Å². The van der Waals surface area contributed by atoms with Gasteiger partial charge in [0.05, 0.1) is 10.6 Å². The molecule has 3 N–H and O–H groups in total. The molecule has 2 aromatic rings. The minimum absolute atomic E-state index is 0.0753. The van der Waals surface area contributed by atoms with Crippen molar-refractivity contribution in [1.82, 2.24) is 0 Å². The van der Waals surface area contributed by atoms with Crippen LogP contribution in [0.5, 0.6) is 0 Å². The maximum atomic E-state index is 13.2. The van der Waals surface area contributed by atoms with Gasteiger partial charge in [-0.05, 0) is 55.3 Å². The molecule has 0 atom stereocenters. The Bertz CT molecular complexity index is 758. The van der Waals surface area contributed by atoms with E-state index in [0.29, 0.717) is 22.5 Å². The van der Waals surface area contributed by atoms with Crippen molar-refractivity contribution in [2.45, 2.75) is 18.7 Å². The Labute approximate surface area is 117 Å². The lowest BCUT2D eigenvalue weighted by atomic mass is 10.2. The van der Waals surface area contributed by atoms with Gasteiger partial charge in [0.15, 0.2) is 0 Å². The molecule has 0 bridgehead atoms. The van der Waals surface area contributed by atoms with Crippen molar-refractivity contribution >= 4 is 21.4 Å². The first-order valence-corrected chi connectivity index (χ1v) is 7.43. The van der Waals surface area contributed by atoms with Crippen LogP contribution in [0.2, 0.25) is 0 Å². The molecule has 2 rings (SSSR count). The summed E-state index contributed by atoms with van der Waals surface area (Å²) in [5.74, 6) is -0.593. The van der Waals surface area contributed by atoms with E-state index in [2.05, 4.69) is 4.72 Å². The van der Waals surface area contributed by atoms with Gasteiger partial charge in [-0.2, -0.15) is 0 Å². The van der Waals surface area contributed by atoms with Crippen molar-refractivity contribution < 1.29 is 12.8 Å². The fourth-order valence-electron chi connectivity index (χ4n) is 1.86. The number of anilines is 2. The van der Waals surface area contributed by atoms with Crippen LogP contribution in [0.3, 0.4) is 0 Å². The average Bonchev–Trinajstić information content (AvgIpc) is 2.35. The maximum Gasteiger partial charge on any atom is 0.262 e. The number of nitrogens with one attached hydrogen (secondary N) is 1. The van der Waals surface area contributed by atoms with Crippen LogP contribution in [-0.2, 0) is 10.0 Å². The Kier molecular flexibility index (Phi) is 3.67. The van der Waals surface area contributed by atoms with Gasteiger partial charge in [-0.15, -0.1) is 0 Å². The molecular weight excluding hydrogens is 279 g/mol. The number of nitrogen functional groups attached to an aromatic ring is 1. The van der Waals surface area contributed by atoms with Crippen molar-refractivity contribution in [3.8, 4) is 0 Å². The van der Waals surface area contributed by atoms with Crippen LogP contribution in [0.15, 0.2) is 41.3 Å². The zero-order valence-electron chi connectivity index (χ0n) is 11.1. The van der Waals surface area contributed by atoms with Gasteiger partial charge in [0.1, 0.15) is 5.82 Å². The number of nitrogens with two attached hydrogens (primary N) is 1. The smallest absolute Gasteiger partial charge is 0.262 e. The molecule has 0 aliphatic carbocycles. The fraction of sp³-hybridized carbons (Fsp3) is 0.143. The van der Waals surface area contributed by atoms with Crippen LogP contribution in [0.4, 0.5) is 15.8 Å². The molecule has 0 aliphatic rings. The second kappa shape index (κ2) is 5.13. The Hall–Kier alpha value is -2.08.